The molecule has 0 amide bonds. The van der Waals surface area contributed by atoms with Crippen molar-refractivity contribution in [2.24, 2.45) is 4.99 Å². The molecule has 0 aromatic heterocycles. The number of allylic oxidation sites excluding steroid dienone is 1. The van der Waals surface area contributed by atoms with Crippen LogP contribution in [-0.4, -0.2) is 28.3 Å². The van der Waals surface area contributed by atoms with E-state index in [0.29, 0.717) is 32.2 Å². The molecule has 0 aliphatic carbocycles. The van der Waals surface area contributed by atoms with Crippen LogP contribution in [-0.2, 0) is 4.79 Å². The standard InChI is InChI=1S/C25H18Cl2N2O3S.2ClH/c1-13-20(24(30)31)23(21-15-7-4-3-6-14(15)10-11-18(21)32-2)29-12-19(33-25(29)28-13)22-16(26)8-5-9-17(22)27;;/h3-12,23H,1-2H3,(H,30,31);2*1H/t23-;;/m1../s1. The first-order chi connectivity index (χ1) is 15.9. The number of benzene rings is 3. The number of carboxylic acid groups (broad SMARTS) is 1. The number of thioether (sulfide) groups is 1. The minimum absolute atomic E-state index is 0. The third kappa shape index (κ3) is 4.61. The van der Waals surface area contributed by atoms with E-state index < -0.39 is 12.0 Å². The van der Waals surface area contributed by atoms with Gasteiger partial charge in [-0.1, -0.05) is 59.6 Å². The molecule has 0 bridgehead atoms. The number of aliphatic imine (C=N–C) groups is 1. The normalized spacial score (nSPS) is 16.7. The Labute approximate surface area is 229 Å². The van der Waals surface area contributed by atoms with Crippen molar-refractivity contribution in [2.75, 3.05) is 7.11 Å². The maximum Gasteiger partial charge on any atom is 0.335 e. The van der Waals surface area contributed by atoms with Gasteiger partial charge in [0.15, 0.2) is 5.17 Å². The lowest BCUT2D eigenvalue weighted by Crippen LogP contribution is -2.33. The summed E-state index contributed by atoms with van der Waals surface area (Å²) in [4.78, 5) is 19.8. The summed E-state index contributed by atoms with van der Waals surface area (Å²) in [5.41, 5.74) is 2.10. The number of fused-ring (bicyclic) bond motifs is 2. The summed E-state index contributed by atoms with van der Waals surface area (Å²) in [5, 5.41) is 13.8. The molecule has 3 aromatic carbocycles. The van der Waals surface area contributed by atoms with Gasteiger partial charge in [0.05, 0.1) is 34.5 Å². The first-order valence-corrected chi connectivity index (χ1v) is 11.7. The molecule has 5 nitrogen and oxygen atoms in total. The Morgan fingerprint density at radius 2 is 1.74 bits per heavy atom. The summed E-state index contributed by atoms with van der Waals surface area (Å²) in [7, 11) is 1.59. The zero-order chi connectivity index (χ0) is 23.3. The number of nitrogens with zero attached hydrogens (tertiary/aromatic N) is 2. The maximum absolute atomic E-state index is 12.5. The molecule has 0 spiro atoms. The lowest BCUT2D eigenvalue weighted by molar-refractivity contribution is -0.133. The third-order valence-electron chi connectivity index (χ3n) is 5.75. The molecule has 2 aliphatic rings. The lowest BCUT2D eigenvalue weighted by atomic mass is 9.90. The van der Waals surface area contributed by atoms with E-state index in [9.17, 15) is 9.90 Å². The molecule has 3 aromatic rings. The van der Waals surface area contributed by atoms with Crippen molar-refractivity contribution in [3.05, 3.63) is 93.2 Å². The maximum atomic E-state index is 12.5. The van der Waals surface area contributed by atoms with E-state index in [1.54, 1.807) is 32.2 Å². The highest BCUT2D eigenvalue weighted by molar-refractivity contribution is 8.22. The van der Waals surface area contributed by atoms with Gasteiger partial charge in [-0.3, -0.25) is 0 Å². The fourth-order valence-corrected chi connectivity index (χ4v) is 6.15. The van der Waals surface area contributed by atoms with Gasteiger partial charge in [-0.2, -0.15) is 0 Å². The highest BCUT2D eigenvalue weighted by Gasteiger charge is 2.41. The molecule has 0 unspecified atom stereocenters. The summed E-state index contributed by atoms with van der Waals surface area (Å²) in [6, 6.07) is 16.4. The summed E-state index contributed by atoms with van der Waals surface area (Å²) < 4.78 is 5.72. The molecule has 2 aliphatic heterocycles. The molecule has 182 valence electrons. The molecular formula is C25H20Cl4N2O3S. The number of aliphatic carboxylic acids is 1. The largest absolute Gasteiger partial charge is 0.496 e. The first-order valence-electron chi connectivity index (χ1n) is 10.1. The first kappa shape index (κ1) is 27.2. The van der Waals surface area contributed by atoms with Crippen molar-refractivity contribution in [3.63, 3.8) is 0 Å². The lowest BCUT2D eigenvalue weighted by Gasteiger charge is -2.34. The molecule has 5 rings (SSSR count). The zero-order valence-electron chi connectivity index (χ0n) is 18.5. The topological polar surface area (TPSA) is 62.1 Å². The van der Waals surface area contributed by atoms with E-state index in [1.165, 1.54) is 11.8 Å². The van der Waals surface area contributed by atoms with Crippen molar-refractivity contribution in [2.45, 2.75) is 13.0 Å². The number of hydrogen-bond acceptors (Lipinski definition) is 5. The van der Waals surface area contributed by atoms with Crippen molar-refractivity contribution in [1.82, 2.24) is 4.90 Å². The van der Waals surface area contributed by atoms with Gasteiger partial charge in [-0.05, 0) is 47.7 Å². The second kappa shape index (κ2) is 10.7. The predicted molar refractivity (Wildman–Crippen MR) is 149 cm³/mol. The van der Waals surface area contributed by atoms with Gasteiger partial charge in [0, 0.05) is 22.2 Å². The molecular weight excluding hydrogens is 550 g/mol. The minimum atomic E-state index is -1.03. The SMILES string of the molecule is COc1ccc2ccccc2c1[C@H]1C(C(=O)O)=C(C)N=C2SC(c3c(Cl)cccc3Cl)=CN21.Cl.Cl. The average Bonchev–Trinajstić information content (AvgIpc) is 3.20. The number of rotatable bonds is 4. The summed E-state index contributed by atoms with van der Waals surface area (Å²) >= 11 is 14.4. The van der Waals surface area contributed by atoms with Crippen LogP contribution in [0.2, 0.25) is 10.0 Å². The van der Waals surface area contributed by atoms with Crippen molar-refractivity contribution in [3.8, 4) is 5.75 Å². The smallest absolute Gasteiger partial charge is 0.335 e. The van der Waals surface area contributed by atoms with E-state index in [-0.39, 0.29) is 30.4 Å². The molecule has 1 atom stereocenters. The number of amidine groups is 1. The fraction of sp³-hybridized carbons (Fsp3) is 0.120. The Morgan fingerprint density at radius 1 is 1.06 bits per heavy atom. The predicted octanol–water partition coefficient (Wildman–Crippen LogP) is 7.82. The molecule has 35 heavy (non-hydrogen) atoms. The van der Waals surface area contributed by atoms with Gasteiger partial charge < -0.3 is 14.7 Å². The summed E-state index contributed by atoms with van der Waals surface area (Å²) in [6.45, 7) is 1.72. The van der Waals surface area contributed by atoms with Crippen LogP contribution < -0.4 is 4.74 Å². The molecule has 0 fully saturated rings. The second-order valence-corrected chi connectivity index (χ2v) is 9.43. The number of carboxylic acids is 1. The van der Waals surface area contributed by atoms with Crippen LogP contribution in [0.1, 0.15) is 24.1 Å². The van der Waals surface area contributed by atoms with Crippen LogP contribution >= 0.6 is 59.8 Å². The number of halogens is 4. The van der Waals surface area contributed by atoms with Crippen LogP contribution in [0.5, 0.6) is 5.75 Å². The van der Waals surface area contributed by atoms with Crippen LogP contribution in [0.25, 0.3) is 15.7 Å². The van der Waals surface area contributed by atoms with Gasteiger partial charge in [0.25, 0.3) is 0 Å². The molecule has 10 heteroatoms. The Hall–Kier alpha value is -2.35. The van der Waals surface area contributed by atoms with Gasteiger partial charge in [0.1, 0.15) is 5.75 Å². The number of hydrogen-bond donors (Lipinski definition) is 1. The number of ether oxygens (including phenoxy) is 1. The van der Waals surface area contributed by atoms with Crippen LogP contribution in [0, 0.1) is 0 Å². The highest BCUT2D eigenvalue weighted by Crippen LogP contribution is 2.51. The van der Waals surface area contributed by atoms with Crippen LogP contribution in [0.4, 0.5) is 0 Å². The zero-order valence-corrected chi connectivity index (χ0v) is 22.5. The molecule has 0 saturated heterocycles. The number of carbonyl (C=O) groups is 1. The average molecular weight is 570 g/mol. The van der Waals surface area contributed by atoms with E-state index in [2.05, 4.69) is 4.99 Å². The van der Waals surface area contributed by atoms with Crippen LogP contribution in [0.3, 0.4) is 0 Å². The molecule has 1 N–H and O–H groups in total. The monoisotopic (exact) mass is 568 g/mol. The van der Waals surface area contributed by atoms with E-state index in [1.807, 2.05) is 47.5 Å². The minimum Gasteiger partial charge on any atom is -0.496 e. The van der Waals surface area contributed by atoms with Crippen molar-refractivity contribution in [1.29, 1.82) is 0 Å². The Morgan fingerprint density at radius 3 is 2.40 bits per heavy atom. The quantitative estimate of drug-likeness (QED) is 0.347. The molecule has 0 saturated carbocycles. The van der Waals surface area contributed by atoms with E-state index in [4.69, 9.17) is 27.9 Å². The molecule has 2 heterocycles. The van der Waals surface area contributed by atoms with Crippen molar-refractivity contribution >= 4 is 86.6 Å². The van der Waals surface area contributed by atoms with Gasteiger partial charge in [-0.25, -0.2) is 9.79 Å². The highest BCUT2D eigenvalue weighted by atomic mass is 35.5. The van der Waals surface area contributed by atoms with Gasteiger partial charge >= 0.3 is 5.97 Å². The Kier molecular flexibility index (Phi) is 8.35. The Bertz CT molecular complexity index is 1400. The van der Waals surface area contributed by atoms with E-state index in [0.717, 1.165) is 21.2 Å². The summed E-state index contributed by atoms with van der Waals surface area (Å²) in [6.07, 6.45) is 1.87. The number of methoxy groups -OCH3 is 1. The molecule has 0 radical (unpaired) electrons. The van der Waals surface area contributed by atoms with Gasteiger partial charge in [0.2, 0.25) is 0 Å². The van der Waals surface area contributed by atoms with Gasteiger partial charge in [-0.15, -0.1) is 24.8 Å². The van der Waals surface area contributed by atoms with Crippen molar-refractivity contribution < 1.29 is 14.6 Å². The van der Waals surface area contributed by atoms with E-state index >= 15 is 0 Å². The Balaban J connectivity index is 0.00000171. The third-order valence-corrected chi connectivity index (χ3v) is 7.39. The summed E-state index contributed by atoms with van der Waals surface area (Å²) in [5.74, 6) is -0.424. The fourth-order valence-electron chi connectivity index (χ4n) is 4.30. The second-order valence-electron chi connectivity index (χ2n) is 7.60. The van der Waals surface area contributed by atoms with Crippen LogP contribution in [0.15, 0.2) is 77.1 Å².